The first-order chi connectivity index (χ1) is 12.9. The Kier molecular flexibility index (Phi) is 5.59. The molecule has 2 aliphatic heterocycles. The van der Waals surface area contributed by atoms with Gasteiger partial charge in [0.2, 0.25) is 0 Å². The molecule has 8 nitrogen and oxygen atoms in total. The molecule has 2 saturated heterocycles. The Labute approximate surface area is 166 Å². The average Bonchev–Trinajstić information content (AvgIpc) is 3.12. The molecular weight excluding hydrogens is 384 g/mol. The van der Waals surface area contributed by atoms with Gasteiger partial charge in [0.25, 0.3) is 10.0 Å². The summed E-state index contributed by atoms with van der Waals surface area (Å²) in [4.78, 5) is 2.42. The Morgan fingerprint density at radius 1 is 1.07 bits per heavy atom. The van der Waals surface area contributed by atoms with Crippen LogP contribution < -0.4 is 4.83 Å². The molecule has 2 fully saturated rings. The number of aryl methyl sites for hydroxylation is 1. The molecule has 1 N–H and O–H groups in total. The molecule has 0 spiro atoms. The van der Waals surface area contributed by atoms with Gasteiger partial charge >= 0.3 is 0 Å². The highest BCUT2D eigenvalue weighted by Crippen LogP contribution is 2.36. The molecule has 3 atom stereocenters. The van der Waals surface area contributed by atoms with Crippen LogP contribution in [0.3, 0.4) is 0 Å². The van der Waals surface area contributed by atoms with E-state index in [9.17, 15) is 8.42 Å². The van der Waals surface area contributed by atoms with E-state index in [0.717, 1.165) is 5.56 Å². The van der Waals surface area contributed by atoms with Gasteiger partial charge in [-0.25, -0.2) is 4.83 Å². The molecule has 0 aliphatic carbocycles. The molecule has 28 heavy (non-hydrogen) atoms. The Morgan fingerprint density at radius 2 is 1.71 bits per heavy atom. The fourth-order valence-electron chi connectivity index (χ4n) is 3.23. The summed E-state index contributed by atoms with van der Waals surface area (Å²) in [7, 11) is -3.78. The number of hydrogen-bond acceptors (Lipinski definition) is 7. The van der Waals surface area contributed by atoms with Crippen molar-refractivity contribution in [1.82, 2.24) is 4.83 Å². The third kappa shape index (κ3) is 4.72. The monoisotopic (exact) mass is 412 g/mol. The quantitative estimate of drug-likeness (QED) is 0.589. The lowest BCUT2D eigenvalue weighted by Gasteiger charge is -2.23. The van der Waals surface area contributed by atoms with Gasteiger partial charge in [-0.1, -0.05) is 17.7 Å². The Morgan fingerprint density at radius 3 is 2.29 bits per heavy atom. The van der Waals surface area contributed by atoms with Crippen molar-refractivity contribution in [2.24, 2.45) is 5.10 Å². The van der Waals surface area contributed by atoms with Crippen LogP contribution in [0, 0.1) is 6.92 Å². The van der Waals surface area contributed by atoms with Crippen LogP contribution in [0.25, 0.3) is 0 Å². The van der Waals surface area contributed by atoms with Crippen molar-refractivity contribution in [3.63, 3.8) is 0 Å². The number of sulfonamides is 1. The second kappa shape index (κ2) is 7.38. The molecule has 2 aliphatic rings. The van der Waals surface area contributed by atoms with Gasteiger partial charge in [-0.15, -0.1) is 0 Å². The van der Waals surface area contributed by atoms with Crippen molar-refractivity contribution >= 4 is 15.7 Å². The van der Waals surface area contributed by atoms with Gasteiger partial charge in [-0.05, 0) is 53.7 Å². The van der Waals surface area contributed by atoms with E-state index in [4.69, 9.17) is 18.9 Å². The molecular formula is C19H28N2O6S. The highest BCUT2D eigenvalue weighted by atomic mass is 32.2. The van der Waals surface area contributed by atoms with Crippen molar-refractivity contribution in [2.75, 3.05) is 6.61 Å². The second-order valence-electron chi connectivity index (χ2n) is 8.05. The summed E-state index contributed by atoms with van der Waals surface area (Å²) in [5.41, 5.74) is 1.42. The van der Waals surface area contributed by atoms with Gasteiger partial charge in [-0.2, -0.15) is 13.5 Å². The van der Waals surface area contributed by atoms with Gasteiger partial charge in [0.1, 0.15) is 18.3 Å². The van der Waals surface area contributed by atoms with Gasteiger partial charge in [0.05, 0.1) is 17.2 Å². The minimum atomic E-state index is -3.78. The standard InChI is InChI=1S/C19H28N2O6S/c1-12-7-9-14(10-8-12)28(22,23)21-20-13(2)16-17(27-19(5,6)26-16)15-11-24-18(3,4)25-15/h7-10,15-17,21H,11H2,1-6H3/b20-13+/t15-,16+,17+/m1/s1. The van der Waals surface area contributed by atoms with Crippen molar-refractivity contribution in [1.29, 1.82) is 0 Å². The zero-order valence-corrected chi connectivity index (χ0v) is 17.9. The number of hydrogen-bond donors (Lipinski definition) is 1. The Bertz CT molecular complexity index is 848. The van der Waals surface area contributed by atoms with E-state index in [1.807, 2.05) is 20.8 Å². The van der Waals surface area contributed by atoms with E-state index < -0.39 is 33.8 Å². The van der Waals surface area contributed by atoms with E-state index in [1.165, 1.54) is 12.1 Å². The maximum atomic E-state index is 12.5. The summed E-state index contributed by atoms with van der Waals surface area (Å²) in [6.45, 7) is 11.2. The predicted molar refractivity (Wildman–Crippen MR) is 103 cm³/mol. The first-order valence-electron chi connectivity index (χ1n) is 9.19. The van der Waals surface area contributed by atoms with Crippen LogP contribution in [0.1, 0.15) is 40.2 Å². The Balaban J connectivity index is 1.77. The van der Waals surface area contributed by atoms with Crippen LogP contribution in [0.2, 0.25) is 0 Å². The minimum absolute atomic E-state index is 0.143. The number of nitrogens with zero attached hydrogens (tertiary/aromatic N) is 1. The number of benzene rings is 1. The minimum Gasteiger partial charge on any atom is -0.348 e. The van der Waals surface area contributed by atoms with E-state index in [2.05, 4.69) is 9.93 Å². The highest BCUT2D eigenvalue weighted by Gasteiger charge is 2.50. The maximum Gasteiger partial charge on any atom is 0.276 e. The molecule has 9 heteroatoms. The maximum absolute atomic E-state index is 12.5. The third-order valence-electron chi connectivity index (χ3n) is 4.61. The van der Waals surface area contributed by atoms with E-state index >= 15 is 0 Å². The van der Waals surface area contributed by atoms with E-state index in [0.29, 0.717) is 12.3 Å². The summed E-state index contributed by atoms with van der Waals surface area (Å²) in [6.07, 6.45) is -1.39. The molecule has 0 aromatic heterocycles. The van der Waals surface area contributed by atoms with Crippen molar-refractivity contribution in [3.05, 3.63) is 29.8 Å². The smallest absolute Gasteiger partial charge is 0.276 e. The summed E-state index contributed by atoms with van der Waals surface area (Å²) in [5.74, 6) is -1.55. The molecule has 3 rings (SSSR count). The first-order valence-corrected chi connectivity index (χ1v) is 10.7. The largest absolute Gasteiger partial charge is 0.348 e. The van der Waals surface area contributed by atoms with Crippen LogP contribution in [0.5, 0.6) is 0 Å². The summed E-state index contributed by atoms with van der Waals surface area (Å²) in [6, 6.07) is 6.54. The van der Waals surface area contributed by atoms with Crippen molar-refractivity contribution in [3.8, 4) is 0 Å². The molecule has 0 saturated carbocycles. The van der Waals surface area contributed by atoms with E-state index in [-0.39, 0.29) is 11.0 Å². The topological polar surface area (TPSA) is 95.5 Å². The number of ether oxygens (including phenoxy) is 4. The van der Waals surface area contributed by atoms with Crippen LogP contribution in [-0.2, 0) is 29.0 Å². The number of nitrogens with one attached hydrogen (secondary N) is 1. The van der Waals surface area contributed by atoms with Crippen molar-refractivity contribution in [2.45, 2.75) is 76.3 Å². The lowest BCUT2D eigenvalue weighted by Crippen LogP contribution is -2.42. The molecule has 2 heterocycles. The van der Waals surface area contributed by atoms with E-state index in [1.54, 1.807) is 32.9 Å². The zero-order valence-electron chi connectivity index (χ0n) is 17.1. The average molecular weight is 413 g/mol. The molecule has 1 aromatic rings. The first kappa shape index (κ1) is 21.2. The highest BCUT2D eigenvalue weighted by molar-refractivity contribution is 7.89. The lowest BCUT2D eigenvalue weighted by atomic mass is 10.1. The third-order valence-corrected chi connectivity index (χ3v) is 5.84. The van der Waals surface area contributed by atoms with Gasteiger partial charge in [0, 0.05) is 0 Å². The summed E-state index contributed by atoms with van der Waals surface area (Å²) in [5, 5.41) is 4.08. The summed E-state index contributed by atoms with van der Waals surface area (Å²) < 4.78 is 48.5. The fraction of sp³-hybridized carbons (Fsp3) is 0.632. The Hall–Kier alpha value is -1.52. The van der Waals surface area contributed by atoms with Gasteiger partial charge < -0.3 is 18.9 Å². The van der Waals surface area contributed by atoms with Crippen LogP contribution >= 0.6 is 0 Å². The molecule has 0 unspecified atom stereocenters. The van der Waals surface area contributed by atoms with Gasteiger partial charge in [-0.3, -0.25) is 0 Å². The van der Waals surface area contributed by atoms with Crippen molar-refractivity contribution < 1.29 is 27.4 Å². The molecule has 0 radical (unpaired) electrons. The zero-order chi connectivity index (χ0) is 20.7. The van der Waals surface area contributed by atoms with Crippen LogP contribution in [0.15, 0.2) is 34.3 Å². The summed E-state index contributed by atoms with van der Waals surface area (Å²) >= 11 is 0. The SMILES string of the molecule is C/C(=N\NS(=O)(=O)c1ccc(C)cc1)[C@@H]1OC(C)(C)O[C@H]1[C@H]1COC(C)(C)O1. The number of rotatable bonds is 5. The lowest BCUT2D eigenvalue weighted by molar-refractivity contribution is -0.174. The number of hydrazone groups is 1. The van der Waals surface area contributed by atoms with Crippen LogP contribution in [0.4, 0.5) is 0 Å². The molecule has 156 valence electrons. The molecule has 0 bridgehead atoms. The second-order valence-corrected chi connectivity index (χ2v) is 9.71. The normalized spacial score (nSPS) is 29.8. The van der Waals surface area contributed by atoms with Crippen LogP contribution in [-0.4, -0.2) is 50.6 Å². The predicted octanol–water partition coefficient (Wildman–Crippen LogP) is 2.32. The van der Waals surface area contributed by atoms with Gasteiger partial charge in [0.15, 0.2) is 11.6 Å². The molecule has 0 amide bonds. The molecule has 1 aromatic carbocycles. The fourth-order valence-corrected chi connectivity index (χ4v) is 4.09.